The number of hydrogen-bond donors (Lipinski definition) is 0. The molecule has 138 valence electrons. The molecule has 0 bridgehead atoms. The van der Waals surface area contributed by atoms with Crippen molar-refractivity contribution in [3.8, 4) is 0 Å². The summed E-state index contributed by atoms with van der Waals surface area (Å²) in [7, 11) is -1.86. The Balaban J connectivity index is 1.71. The number of benzene rings is 1. The van der Waals surface area contributed by atoms with Gasteiger partial charge in [-0.1, -0.05) is 12.8 Å². The summed E-state index contributed by atoms with van der Waals surface area (Å²) >= 11 is 0. The zero-order chi connectivity index (χ0) is 18.0. The molecular formula is C18H25FN2O3S. The molecule has 1 saturated carbocycles. The maximum Gasteiger partial charge on any atom is 0.243 e. The maximum atomic E-state index is 13.1. The molecular weight excluding hydrogens is 343 g/mol. The maximum absolute atomic E-state index is 13.1. The van der Waals surface area contributed by atoms with E-state index in [1.165, 1.54) is 16.4 Å². The summed E-state index contributed by atoms with van der Waals surface area (Å²) in [6.45, 7) is 0.603. The van der Waals surface area contributed by atoms with Crippen LogP contribution < -0.4 is 0 Å². The molecule has 25 heavy (non-hydrogen) atoms. The molecule has 1 unspecified atom stereocenters. The summed E-state index contributed by atoms with van der Waals surface area (Å²) in [6, 6.07) is 5.14. The molecule has 5 nitrogen and oxygen atoms in total. The number of piperidine rings is 1. The fourth-order valence-corrected chi connectivity index (χ4v) is 5.40. The van der Waals surface area contributed by atoms with Gasteiger partial charge in [-0.25, -0.2) is 12.8 Å². The highest BCUT2D eigenvalue weighted by atomic mass is 32.2. The highest BCUT2D eigenvalue weighted by Crippen LogP contribution is 2.28. The fourth-order valence-electron chi connectivity index (χ4n) is 3.88. The zero-order valence-electron chi connectivity index (χ0n) is 14.5. The number of sulfonamides is 1. The van der Waals surface area contributed by atoms with Crippen LogP contribution in [-0.2, 0) is 14.8 Å². The summed E-state index contributed by atoms with van der Waals surface area (Å²) in [5.41, 5.74) is 0. The first kappa shape index (κ1) is 18.3. The van der Waals surface area contributed by atoms with Gasteiger partial charge in [-0.15, -0.1) is 0 Å². The SMILES string of the molecule is CN(C(=O)C1CCCN(S(=O)(=O)c2ccc(F)cc2)C1)C1CCCC1. The molecule has 1 saturated heterocycles. The highest BCUT2D eigenvalue weighted by Gasteiger charge is 2.36. The first-order chi connectivity index (χ1) is 11.9. The van der Waals surface area contributed by atoms with Crippen LogP contribution in [0.3, 0.4) is 0 Å². The van der Waals surface area contributed by atoms with Gasteiger partial charge in [0.25, 0.3) is 0 Å². The third kappa shape index (κ3) is 3.87. The predicted molar refractivity (Wildman–Crippen MR) is 92.9 cm³/mol. The van der Waals surface area contributed by atoms with Crippen LogP contribution in [-0.4, -0.2) is 49.7 Å². The number of carbonyl (C=O) groups is 1. The van der Waals surface area contributed by atoms with Gasteiger partial charge in [-0.3, -0.25) is 4.79 Å². The third-order valence-corrected chi connectivity index (χ3v) is 7.28. The summed E-state index contributed by atoms with van der Waals surface area (Å²) < 4.78 is 40.0. The van der Waals surface area contributed by atoms with E-state index in [0.29, 0.717) is 19.4 Å². The summed E-state index contributed by atoms with van der Waals surface area (Å²) in [6.07, 6.45) is 5.75. The smallest absolute Gasteiger partial charge is 0.243 e. The Morgan fingerprint density at radius 1 is 1.12 bits per heavy atom. The van der Waals surface area contributed by atoms with Crippen molar-refractivity contribution >= 4 is 15.9 Å². The first-order valence-corrected chi connectivity index (χ1v) is 10.4. The molecule has 2 fully saturated rings. The molecule has 1 aliphatic heterocycles. The molecule has 0 N–H and O–H groups in total. The zero-order valence-corrected chi connectivity index (χ0v) is 15.3. The van der Waals surface area contributed by atoms with E-state index in [-0.39, 0.29) is 29.3 Å². The van der Waals surface area contributed by atoms with Crippen LogP contribution in [0, 0.1) is 11.7 Å². The Hall–Kier alpha value is -1.47. The number of rotatable bonds is 4. The van der Waals surface area contributed by atoms with Gasteiger partial charge in [0.2, 0.25) is 15.9 Å². The van der Waals surface area contributed by atoms with E-state index in [9.17, 15) is 17.6 Å². The van der Waals surface area contributed by atoms with Crippen LogP contribution in [0.1, 0.15) is 38.5 Å². The van der Waals surface area contributed by atoms with Gasteiger partial charge < -0.3 is 4.90 Å². The molecule has 1 aliphatic carbocycles. The Kier molecular flexibility index (Phi) is 5.43. The Morgan fingerprint density at radius 3 is 2.40 bits per heavy atom. The largest absolute Gasteiger partial charge is 0.342 e. The lowest BCUT2D eigenvalue weighted by atomic mass is 9.97. The number of hydrogen-bond acceptors (Lipinski definition) is 3. The van der Waals surface area contributed by atoms with Crippen molar-refractivity contribution < 1.29 is 17.6 Å². The van der Waals surface area contributed by atoms with Gasteiger partial charge in [0, 0.05) is 26.2 Å². The summed E-state index contributed by atoms with van der Waals surface area (Å²) in [5, 5.41) is 0. The van der Waals surface area contributed by atoms with Crippen LogP contribution >= 0.6 is 0 Å². The first-order valence-electron chi connectivity index (χ1n) is 8.92. The topological polar surface area (TPSA) is 57.7 Å². The van der Waals surface area contributed by atoms with Crippen LogP contribution in [0.4, 0.5) is 4.39 Å². The van der Waals surface area contributed by atoms with Gasteiger partial charge >= 0.3 is 0 Å². The van der Waals surface area contributed by atoms with Crippen molar-refractivity contribution in [3.05, 3.63) is 30.1 Å². The standard InChI is InChI=1S/C18H25FN2O3S/c1-20(16-6-2-3-7-16)18(22)14-5-4-12-21(13-14)25(23,24)17-10-8-15(19)9-11-17/h8-11,14,16H,2-7,12-13H2,1H3. The van der Waals surface area contributed by atoms with E-state index in [1.54, 1.807) is 0 Å². The number of amides is 1. The van der Waals surface area contributed by atoms with E-state index in [2.05, 4.69) is 0 Å². The van der Waals surface area contributed by atoms with Gasteiger partial charge in [-0.05, 0) is 49.9 Å². The molecule has 1 aromatic rings. The average Bonchev–Trinajstić information content (AvgIpc) is 3.15. The molecule has 1 atom stereocenters. The van der Waals surface area contributed by atoms with Crippen LogP contribution in [0.15, 0.2) is 29.2 Å². The lowest BCUT2D eigenvalue weighted by molar-refractivity contribution is -0.137. The van der Waals surface area contributed by atoms with E-state index in [0.717, 1.165) is 37.8 Å². The molecule has 3 rings (SSSR count). The Morgan fingerprint density at radius 2 is 1.76 bits per heavy atom. The molecule has 1 amide bonds. The van der Waals surface area contributed by atoms with Crippen LogP contribution in [0.25, 0.3) is 0 Å². The lowest BCUT2D eigenvalue weighted by Crippen LogP contribution is -2.47. The third-order valence-electron chi connectivity index (χ3n) is 5.40. The highest BCUT2D eigenvalue weighted by molar-refractivity contribution is 7.89. The van der Waals surface area contributed by atoms with Gasteiger partial charge in [0.1, 0.15) is 5.82 Å². The van der Waals surface area contributed by atoms with Crippen molar-refractivity contribution in [2.24, 2.45) is 5.92 Å². The van der Waals surface area contributed by atoms with Crippen molar-refractivity contribution in [2.45, 2.75) is 49.5 Å². The van der Waals surface area contributed by atoms with Crippen molar-refractivity contribution in [3.63, 3.8) is 0 Å². The lowest BCUT2D eigenvalue weighted by Gasteiger charge is -2.35. The minimum Gasteiger partial charge on any atom is -0.342 e. The van der Waals surface area contributed by atoms with E-state index in [1.807, 2.05) is 11.9 Å². The second kappa shape index (κ2) is 7.41. The number of nitrogens with zero attached hydrogens (tertiary/aromatic N) is 2. The minimum atomic E-state index is -3.69. The monoisotopic (exact) mass is 368 g/mol. The van der Waals surface area contributed by atoms with Crippen molar-refractivity contribution in [2.75, 3.05) is 20.1 Å². The molecule has 0 spiro atoms. The summed E-state index contributed by atoms with van der Waals surface area (Å²) in [4.78, 5) is 14.7. The number of halogens is 1. The second-order valence-corrected chi connectivity index (χ2v) is 8.98. The molecule has 2 aliphatic rings. The Labute approximate surface area is 148 Å². The van der Waals surface area contributed by atoms with Gasteiger partial charge in [0.15, 0.2) is 0 Å². The molecule has 1 aromatic carbocycles. The quantitative estimate of drug-likeness (QED) is 0.821. The normalized spacial score (nSPS) is 22.9. The average molecular weight is 368 g/mol. The number of carbonyl (C=O) groups excluding carboxylic acids is 1. The molecule has 0 radical (unpaired) electrons. The fraction of sp³-hybridized carbons (Fsp3) is 0.611. The second-order valence-electron chi connectivity index (χ2n) is 7.04. The van der Waals surface area contributed by atoms with E-state index < -0.39 is 15.8 Å². The van der Waals surface area contributed by atoms with Crippen molar-refractivity contribution in [1.29, 1.82) is 0 Å². The predicted octanol–water partition coefficient (Wildman–Crippen LogP) is 2.63. The molecule has 7 heteroatoms. The van der Waals surface area contributed by atoms with E-state index >= 15 is 0 Å². The van der Waals surface area contributed by atoms with Crippen LogP contribution in [0.2, 0.25) is 0 Å². The minimum absolute atomic E-state index is 0.0471. The summed E-state index contributed by atoms with van der Waals surface area (Å²) in [5.74, 6) is -0.718. The molecule has 0 aromatic heterocycles. The van der Waals surface area contributed by atoms with Gasteiger partial charge in [-0.2, -0.15) is 4.31 Å². The Bertz CT molecular complexity index is 714. The van der Waals surface area contributed by atoms with E-state index in [4.69, 9.17) is 0 Å². The van der Waals surface area contributed by atoms with Crippen LogP contribution in [0.5, 0.6) is 0 Å². The van der Waals surface area contributed by atoms with Crippen molar-refractivity contribution in [1.82, 2.24) is 9.21 Å². The van der Waals surface area contributed by atoms with Gasteiger partial charge in [0.05, 0.1) is 10.8 Å². The molecule has 1 heterocycles.